The molecule has 0 radical (unpaired) electrons. The molecule has 4 heteroatoms. The van der Waals surface area contributed by atoms with Crippen LogP contribution in [0.5, 0.6) is 0 Å². The van der Waals surface area contributed by atoms with Crippen LogP contribution in [0, 0.1) is 0 Å². The van der Waals surface area contributed by atoms with Crippen molar-refractivity contribution in [1.82, 2.24) is 14.1 Å². The molecular weight excluding hydrogens is 663 g/mol. The molecule has 3 nitrogen and oxygen atoms in total. The minimum Gasteiger partial charge on any atom is -0.309 e. The first-order valence-electron chi connectivity index (χ1n) is 18.0. The van der Waals surface area contributed by atoms with Crippen molar-refractivity contribution in [3.05, 3.63) is 188 Å². The van der Waals surface area contributed by atoms with Gasteiger partial charge in [-0.3, -0.25) is 4.57 Å². The van der Waals surface area contributed by atoms with Crippen LogP contribution in [0.15, 0.2) is 188 Å². The van der Waals surface area contributed by atoms with Crippen LogP contribution in [0.3, 0.4) is 0 Å². The van der Waals surface area contributed by atoms with Gasteiger partial charge in [-0.15, -0.1) is 11.3 Å². The number of hydrogen-bond acceptors (Lipinski definition) is 2. The highest BCUT2D eigenvalue weighted by atomic mass is 32.1. The van der Waals surface area contributed by atoms with E-state index in [0.717, 1.165) is 39.4 Å². The number of thiophene rings is 1. The molecule has 0 N–H and O–H groups in total. The summed E-state index contributed by atoms with van der Waals surface area (Å²) in [5.74, 6) is 0.915. The molecule has 0 saturated heterocycles. The predicted molar refractivity (Wildman–Crippen MR) is 225 cm³/mol. The van der Waals surface area contributed by atoms with Crippen molar-refractivity contribution in [2.24, 2.45) is 0 Å². The summed E-state index contributed by atoms with van der Waals surface area (Å²) in [6.07, 6.45) is 0. The van der Waals surface area contributed by atoms with Crippen LogP contribution in [0.1, 0.15) is 0 Å². The number of benzene rings is 8. The van der Waals surface area contributed by atoms with Gasteiger partial charge in [-0.05, 0) is 82.9 Å². The summed E-state index contributed by atoms with van der Waals surface area (Å²) in [6, 6.07) is 67.7. The Bertz CT molecular complexity index is 3170. The fourth-order valence-electron chi connectivity index (χ4n) is 8.10. The van der Waals surface area contributed by atoms with Crippen molar-refractivity contribution in [1.29, 1.82) is 0 Å². The molecule has 0 unspecified atom stereocenters. The number of hydrogen-bond donors (Lipinski definition) is 0. The molecule has 53 heavy (non-hydrogen) atoms. The monoisotopic (exact) mass is 693 g/mol. The second-order valence-electron chi connectivity index (χ2n) is 13.6. The van der Waals surface area contributed by atoms with Gasteiger partial charge in [0.05, 0.1) is 22.1 Å². The molecule has 11 aromatic rings. The van der Waals surface area contributed by atoms with E-state index < -0.39 is 0 Å². The lowest BCUT2D eigenvalue weighted by Crippen LogP contribution is -1.99. The van der Waals surface area contributed by atoms with Gasteiger partial charge in [0.1, 0.15) is 5.82 Å². The molecule has 0 spiro atoms. The summed E-state index contributed by atoms with van der Waals surface area (Å²) >= 11 is 1.88. The topological polar surface area (TPSA) is 22.8 Å². The SMILES string of the molecule is c1ccc(-c2ccc3c(c2)nc(-c2cccc(-n4c5ccccc5c5cc(-c6cccc7c6sc6ccccc67)ccc54)c2)n3-c2ccccc2)cc1. The molecule has 3 heterocycles. The first kappa shape index (κ1) is 29.9. The molecule has 0 atom stereocenters. The highest BCUT2D eigenvalue weighted by molar-refractivity contribution is 7.26. The zero-order chi connectivity index (χ0) is 34.9. The number of nitrogens with zero attached hydrogens (tertiary/aromatic N) is 3. The first-order valence-corrected chi connectivity index (χ1v) is 18.8. The zero-order valence-corrected chi connectivity index (χ0v) is 29.5. The van der Waals surface area contributed by atoms with Gasteiger partial charge in [-0.2, -0.15) is 0 Å². The Morgan fingerprint density at radius 1 is 0.377 bits per heavy atom. The Hall–Kier alpha value is -6.75. The normalized spacial score (nSPS) is 11.8. The van der Waals surface area contributed by atoms with E-state index in [-0.39, 0.29) is 0 Å². The molecule has 248 valence electrons. The number of aromatic nitrogens is 3. The zero-order valence-electron chi connectivity index (χ0n) is 28.6. The lowest BCUT2D eigenvalue weighted by molar-refractivity contribution is 1.10. The molecule has 0 aliphatic carbocycles. The van der Waals surface area contributed by atoms with Crippen LogP contribution in [-0.4, -0.2) is 14.1 Å². The Morgan fingerprint density at radius 3 is 1.92 bits per heavy atom. The van der Waals surface area contributed by atoms with Crippen molar-refractivity contribution >= 4 is 64.3 Å². The van der Waals surface area contributed by atoms with Gasteiger partial charge in [0, 0.05) is 47.9 Å². The number of para-hydroxylation sites is 2. The number of rotatable bonds is 5. The fraction of sp³-hybridized carbons (Fsp3) is 0. The fourth-order valence-corrected chi connectivity index (χ4v) is 9.34. The molecule has 0 amide bonds. The van der Waals surface area contributed by atoms with Gasteiger partial charge in [0.2, 0.25) is 0 Å². The van der Waals surface area contributed by atoms with Crippen molar-refractivity contribution in [2.45, 2.75) is 0 Å². The standard InChI is InChI=1S/C49H31N3S/c1-3-13-32(14-4-1)33-25-28-46-43(31-33)50-49(52(46)36-16-5-2-6-17-36)35-15-11-18-37(29-35)51-44-23-9-7-19-39(44)42-30-34(26-27-45(42)51)38-21-12-22-41-40-20-8-10-24-47(40)53-48(38)41/h1-31H. The van der Waals surface area contributed by atoms with Gasteiger partial charge >= 0.3 is 0 Å². The Morgan fingerprint density at radius 2 is 1.04 bits per heavy atom. The average molecular weight is 694 g/mol. The van der Waals surface area contributed by atoms with Crippen LogP contribution >= 0.6 is 11.3 Å². The van der Waals surface area contributed by atoms with E-state index in [1.54, 1.807) is 0 Å². The molecule has 0 aliphatic rings. The Balaban J connectivity index is 1.09. The Kier molecular flexibility index (Phi) is 6.73. The summed E-state index contributed by atoms with van der Waals surface area (Å²) in [4.78, 5) is 5.33. The van der Waals surface area contributed by atoms with E-state index in [0.29, 0.717) is 0 Å². The predicted octanol–water partition coefficient (Wildman–Crippen LogP) is 13.5. The van der Waals surface area contributed by atoms with Gasteiger partial charge in [0.15, 0.2) is 0 Å². The molecule has 0 bridgehead atoms. The third-order valence-electron chi connectivity index (χ3n) is 10.5. The maximum atomic E-state index is 5.33. The molecule has 11 rings (SSSR count). The van der Waals surface area contributed by atoms with E-state index >= 15 is 0 Å². The lowest BCUT2D eigenvalue weighted by Gasteiger charge is -2.13. The van der Waals surface area contributed by atoms with Gasteiger partial charge in [0.25, 0.3) is 0 Å². The highest BCUT2D eigenvalue weighted by Gasteiger charge is 2.19. The maximum Gasteiger partial charge on any atom is 0.145 e. The summed E-state index contributed by atoms with van der Waals surface area (Å²) in [7, 11) is 0. The third-order valence-corrected chi connectivity index (χ3v) is 11.7. The second-order valence-corrected chi connectivity index (χ2v) is 14.6. The minimum absolute atomic E-state index is 0.915. The Labute approximate surface area is 310 Å². The van der Waals surface area contributed by atoms with E-state index in [1.165, 1.54) is 58.7 Å². The number of fused-ring (bicyclic) bond motifs is 7. The van der Waals surface area contributed by atoms with Crippen molar-refractivity contribution in [3.63, 3.8) is 0 Å². The van der Waals surface area contributed by atoms with E-state index in [1.807, 2.05) is 11.3 Å². The summed E-state index contributed by atoms with van der Waals surface area (Å²) in [6.45, 7) is 0. The van der Waals surface area contributed by atoms with Gasteiger partial charge in [-0.25, -0.2) is 4.98 Å². The second kappa shape index (κ2) is 11.9. The third kappa shape index (κ3) is 4.77. The van der Waals surface area contributed by atoms with Crippen LogP contribution in [-0.2, 0) is 0 Å². The average Bonchev–Trinajstić information content (AvgIpc) is 3.91. The largest absolute Gasteiger partial charge is 0.309 e. The van der Waals surface area contributed by atoms with Gasteiger partial charge in [-0.1, -0.05) is 127 Å². The smallest absolute Gasteiger partial charge is 0.145 e. The van der Waals surface area contributed by atoms with Crippen molar-refractivity contribution in [3.8, 4) is 45.0 Å². The summed E-state index contributed by atoms with van der Waals surface area (Å²) < 4.78 is 7.35. The summed E-state index contributed by atoms with van der Waals surface area (Å²) in [5.41, 5.74) is 12.5. The van der Waals surface area contributed by atoms with Crippen LogP contribution in [0.4, 0.5) is 0 Å². The van der Waals surface area contributed by atoms with E-state index in [2.05, 4.69) is 197 Å². The quantitative estimate of drug-likeness (QED) is 0.176. The maximum absolute atomic E-state index is 5.33. The van der Waals surface area contributed by atoms with E-state index in [9.17, 15) is 0 Å². The molecule has 0 fully saturated rings. The lowest BCUT2D eigenvalue weighted by atomic mass is 10.0. The van der Waals surface area contributed by atoms with Crippen molar-refractivity contribution in [2.75, 3.05) is 0 Å². The van der Waals surface area contributed by atoms with Crippen molar-refractivity contribution < 1.29 is 0 Å². The summed E-state index contributed by atoms with van der Waals surface area (Å²) in [5, 5.41) is 5.12. The van der Waals surface area contributed by atoms with Crippen LogP contribution in [0.2, 0.25) is 0 Å². The highest BCUT2D eigenvalue weighted by Crippen LogP contribution is 2.42. The van der Waals surface area contributed by atoms with Crippen LogP contribution < -0.4 is 0 Å². The molecule has 8 aromatic carbocycles. The molecule has 0 saturated carbocycles. The first-order chi connectivity index (χ1) is 26.3. The van der Waals surface area contributed by atoms with Gasteiger partial charge < -0.3 is 4.57 Å². The minimum atomic E-state index is 0.915. The van der Waals surface area contributed by atoms with E-state index in [4.69, 9.17) is 4.98 Å². The molecule has 0 aliphatic heterocycles. The molecule has 3 aromatic heterocycles. The number of imidazole rings is 1. The molecular formula is C49H31N3S. The van der Waals surface area contributed by atoms with Crippen LogP contribution in [0.25, 0.3) is 98.0 Å².